The molecule has 1 aliphatic carbocycles. The summed E-state index contributed by atoms with van der Waals surface area (Å²) in [4.78, 5) is 17.6. The highest BCUT2D eigenvalue weighted by Crippen LogP contribution is 2.39. The van der Waals surface area contributed by atoms with Gasteiger partial charge in [0.2, 0.25) is 5.91 Å². The van der Waals surface area contributed by atoms with Gasteiger partial charge in [0.25, 0.3) is 0 Å². The smallest absolute Gasteiger partial charge is 0.235 e. The summed E-state index contributed by atoms with van der Waals surface area (Å²) in [6.45, 7) is 2.23. The number of nitrogens with zero attached hydrogens (tertiary/aromatic N) is 2. The number of aromatic nitrogens is 1. The number of hydrogen-bond acceptors (Lipinski definition) is 5. The summed E-state index contributed by atoms with van der Waals surface area (Å²) >= 11 is 2.96. The van der Waals surface area contributed by atoms with E-state index in [-0.39, 0.29) is 5.91 Å². The van der Waals surface area contributed by atoms with Crippen molar-refractivity contribution in [2.24, 2.45) is 5.92 Å². The largest absolute Gasteiger partial charge is 0.316 e. The number of nitriles is 1. The molecule has 2 heterocycles. The lowest BCUT2D eigenvalue weighted by Crippen LogP contribution is -2.14. The van der Waals surface area contributed by atoms with Gasteiger partial charge in [0.15, 0.2) is 0 Å². The predicted molar refractivity (Wildman–Crippen MR) is 93.8 cm³/mol. The molecule has 6 heteroatoms. The van der Waals surface area contributed by atoms with Crippen molar-refractivity contribution >= 4 is 34.0 Å². The highest BCUT2D eigenvalue weighted by Gasteiger charge is 2.24. The van der Waals surface area contributed by atoms with Crippen molar-refractivity contribution in [1.82, 2.24) is 4.98 Å². The van der Waals surface area contributed by atoms with Crippen LogP contribution in [0.4, 0.5) is 5.00 Å². The molecule has 0 aliphatic heterocycles. The molecule has 0 saturated carbocycles. The normalized spacial score (nSPS) is 16.4. The Hall–Kier alpha value is -1.84. The minimum absolute atomic E-state index is 0.0937. The van der Waals surface area contributed by atoms with Gasteiger partial charge in [0.05, 0.1) is 16.3 Å². The van der Waals surface area contributed by atoms with E-state index in [1.54, 1.807) is 17.5 Å². The van der Waals surface area contributed by atoms with Gasteiger partial charge in [-0.15, -0.1) is 11.3 Å². The zero-order chi connectivity index (χ0) is 16.2. The van der Waals surface area contributed by atoms with E-state index in [2.05, 4.69) is 23.3 Å². The molecule has 118 valence electrons. The summed E-state index contributed by atoms with van der Waals surface area (Å²) in [7, 11) is 0. The fourth-order valence-electron chi connectivity index (χ4n) is 2.69. The fraction of sp³-hybridized carbons (Fsp3) is 0.353. The molecule has 1 atom stereocenters. The maximum Gasteiger partial charge on any atom is 0.235 e. The zero-order valence-electron chi connectivity index (χ0n) is 12.8. The summed E-state index contributed by atoms with van der Waals surface area (Å²) in [5, 5.41) is 13.9. The van der Waals surface area contributed by atoms with Crippen molar-refractivity contribution in [3.05, 3.63) is 40.4 Å². The third kappa shape index (κ3) is 3.74. The number of thiophene rings is 1. The Labute approximate surface area is 143 Å². The number of pyridine rings is 1. The van der Waals surface area contributed by atoms with Crippen LogP contribution in [0, 0.1) is 17.2 Å². The molecule has 0 bridgehead atoms. The first-order valence-electron chi connectivity index (χ1n) is 7.55. The Kier molecular flexibility index (Phi) is 4.99. The number of nitrogens with one attached hydrogen (secondary N) is 1. The molecule has 1 aliphatic rings. The lowest BCUT2D eigenvalue weighted by molar-refractivity contribution is -0.113. The summed E-state index contributed by atoms with van der Waals surface area (Å²) in [5.74, 6) is 0.848. The number of rotatable bonds is 4. The molecule has 3 rings (SSSR count). The molecule has 2 aromatic rings. The maximum absolute atomic E-state index is 12.2. The van der Waals surface area contributed by atoms with Gasteiger partial charge in [-0.05, 0) is 42.9 Å². The van der Waals surface area contributed by atoms with E-state index >= 15 is 0 Å². The SMILES string of the molecule is C[C@H]1CCc2c(sc(NC(=O)CSc3ccccn3)c2C#N)C1. The van der Waals surface area contributed by atoms with Crippen molar-refractivity contribution in [2.75, 3.05) is 11.1 Å². The highest BCUT2D eigenvalue weighted by molar-refractivity contribution is 7.99. The van der Waals surface area contributed by atoms with Crippen molar-refractivity contribution in [3.8, 4) is 6.07 Å². The average molecular weight is 343 g/mol. The Morgan fingerprint density at radius 2 is 2.43 bits per heavy atom. The molecule has 4 nitrogen and oxygen atoms in total. The van der Waals surface area contributed by atoms with Gasteiger partial charge in [-0.1, -0.05) is 24.8 Å². The molecule has 0 saturated heterocycles. The van der Waals surface area contributed by atoms with Crippen LogP contribution in [-0.4, -0.2) is 16.6 Å². The fourth-order valence-corrected chi connectivity index (χ4v) is 4.73. The van der Waals surface area contributed by atoms with E-state index in [0.717, 1.165) is 29.9 Å². The van der Waals surface area contributed by atoms with Crippen LogP contribution in [0.2, 0.25) is 0 Å². The molecule has 1 N–H and O–H groups in total. The topological polar surface area (TPSA) is 65.8 Å². The second-order valence-corrected chi connectivity index (χ2v) is 7.77. The van der Waals surface area contributed by atoms with Crippen LogP contribution in [-0.2, 0) is 17.6 Å². The molecule has 0 unspecified atom stereocenters. The molecule has 0 aromatic carbocycles. The number of amides is 1. The van der Waals surface area contributed by atoms with Crippen molar-refractivity contribution in [3.63, 3.8) is 0 Å². The first-order valence-corrected chi connectivity index (χ1v) is 9.36. The Morgan fingerprint density at radius 1 is 1.57 bits per heavy atom. The standard InChI is InChI=1S/C17H17N3OS2/c1-11-5-6-12-13(9-18)17(23-14(12)8-11)20-15(21)10-22-16-4-2-3-7-19-16/h2-4,7,11H,5-6,8,10H2,1H3,(H,20,21)/t11-/m0/s1. The van der Waals surface area contributed by atoms with E-state index in [4.69, 9.17) is 0 Å². The van der Waals surface area contributed by atoms with Crippen LogP contribution in [0.3, 0.4) is 0 Å². The molecule has 23 heavy (non-hydrogen) atoms. The summed E-state index contributed by atoms with van der Waals surface area (Å²) < 4.78 is 0. The molecule has 0 spiro atoms. The van der Waals surface area contributed by atoms with Gasteiger partial charge in [0.1, 0.15) is 11.1 Å². The number of carbonyl (C=O) groups is 1. The monoisotopic (exact) mass is 343 g/mol. The molecule has 0 fully saturated rings. The number of fused-ring (bicyclic) bond motifs is 1. The van der Waals surface area contributed by atoms with E-state index in [0.29, 0.717) is 22.2 Å². The third-order valence-electron chi connectivity index (χ3n) is 3.87. The summed E-state index contributed by atoms with van der Waals surface area (Å²) in [6.07, 6.45) is 4.77. The second-order valence-electron chi connectivity index (χ2n) is 5.67. The first kappa shape index (κ1) is 16.0. The number of carbonyl (C=O) groups excluding carboxylic acids is 1. The number of anilines is 1. The van der Waals surface area contributed by atoms with E-state index < -0.39 is 0 Å². The average Bonchev–Trinajstić information content (AvgIpc) is 2.89. The van der Waals surface area contributed by atoms with Crippen molar-refractivity contribution < 1.29 is 4.79 Å². The van der Waals surface area contributed by atoms with E-state index in [9.17, 15) is 10.1 Å². The number of thioether (sulfide) groups is 1. The van der Waals surface area contributed by atoms with Crippen LogP contribution < -0.4 is 5.32 Å². The van der Waals surface area contributed by atoms with Gasteiger partial charge >= 0.3 is 0 Å². The lowest BCUT2D eigenvalue weighted by Gasteiger charge is -2.17. The van der Waals surface area contributed by atoms with Crippen LogP contribution in [0.5, 0.6) is 0 Å². The Morgan fingerprint density at radius 3 is 3.17 bits per heavy atom. The number of hydrogen-bond donors (Lipinski definition) is 1. The lowest BCUT2D eigenvalue weighted by atomic mass is 9.89. The third-order valence-corrected chi connectivity index (χ3v) is 5.98. The van der Waals surface area contributed by atoms with Crippen molar-refractivity contribution in [2.45, 2.75) is 31.2 Å². The molecular weight excluding hydrogens is 326 g/mol. The Bertz CT molecular complexity index is 749. The second kappa shape index (κ2) is 7.16. The predicted octanol–water partition coefficient (Wildman–Crippen LogP) is 3.87. The minimum atomic E-state index is -0.0937. The van der Waals surface area contributed by atoms with Crippen LogP contribution in [0.1, 0.15) is 29.3 Å². The maximum atomic E-state index is 12.2. The van der Waals surface area contributed by atoms with Gasteiger partial charge in [-0.3, -0.25) is 4.79 Å². The highest BCUT2D eigenvalue weighted by atomic mass is 32.2. The van der Waals surface area contributed by atoms with Crippen LogP contribution in [0.15, 0.2) is 29.4 Å². The zero-order valence-corrected chi connectivity index (χ0v) is 14.5. The summed E-state index contributed by atoms with van der Waals surface area (Å²) in [6, 6.07) is 7.90. The van der Waals surface area contributed by atoms with Gasteiger partial charge in [-0.2, -0.15) is 5.26 Å². The first-order chi connectivity index (χ1) is 11.2. The Balaban J connectivity index is 1.68. The quantitative estimate of drug-likeness (QED) is 0.856. The van der Waals surface area contributed by atoms with E-state index in [1.807, 2.05) is 18.2 Å². The van der Waals surface area contributed by atoms with Gasteiger partial charge < -0.3 is 5.32 Å². The van der Waals surface area contributed by atoms with Gasteiger partial charge in [0, 0.05) is 11.1 Å². The van der Waals surface area contributed by atoms with E-state index in [1.165, 1.54) is 16.6 Å². The molecule has 2 aromatic heterocycles. The molecule has 1 amide bonds. The summed E-state index contributed by atoms with van der Waals surface area (Å²) in [5.41, 5.74) is 1.80. The van der Waals surface area contributed by atoms with Crippen LogP contribution in [0.25, 0.3) is 0 Å². The molecular formula is C17H17N3OS2. The molecule has 0 radical (unpaired) electrons. The van der Waals surface area contributed by atoms with Crippen LogP contribution >= 0.6 is 23.1 Å². The minimum Gasteiger partial charge on any atom is -0.316 e. The van der Waals surface area contributed by atoms with Gasteiger partial charge in [-0.25, -0.2) is 4.98 Å². The van der Waals surface area contributed by atoms with Crippen molar-refractivity contribution in [1.29, 1.82) is 5.26 Å².